The van der Waals surface area contributed by atoms with Crippen molar-refractivity contribution in [3.05, 3.63) is 21.9 Å². The fourth-order valence-corrected chi connectivity index (χ4v) is 3.46. The highest BCUT2D eigenvalue weighted by molar-refractivity contribution is 7.12. The molecule has 3 heteroatoms. The third kappa shape index (κ3) is 4.08. The molecule has 0 radical (unpaired) electrons. The molecule has 0 aliphatic rings. The predicted molar refractivity (Wildman–Crippen MR) is 82.2 cm³/mol. The molecule has 1 rings (SSSR count). The summed E-state index contributed by atoms with van der Waals surface area (Å²) in [6, 6.07) is 4.84. The Hall–Kier alpha value is -0.380. The van der Waals surface area contributed by atoms with Crippen LogP contribution in [0.5, 0.6) is 0 Å². The first-order chi connectivity index (χ1) is 8.65. The van der Waals surface area contributed by atoms with E-state index in [4.69, 9.17) is 5.73 Å². The largest absolute Gasteiger partial charge is 0.329 e. The van der Waals surface area contributed by atoms with E-state index in [0.29, 0.717) is 12.6 Å². The number of nitrogens with two attached hydrogens (primary N) is 1. The van der Waals surface area contributed by atoms with Gasteiger partial charge in [0, 0.05) is 22.8 Å². The number of likely N-dealkylation sites (N-methyl/N-ethyl adjacent to an activating group) is 1. The molecular formula is C15H28N2S. The summed E-state index contributed by atoms with van der Waals surface area (Å²) in [6.45, 7) is 11.9. The van der Waals surface area contributed by atoms with Crippen molar-refractivity contribution in [3.63, 3.8) is 0 Å². The smallest absolute Gasteiger partial charge is 0.0564 e. The lowest BCUT2D eigenvalue weighted by molar-refractivity contribution is 0.176. The molecule has 0 aliphatic carbocycles. The van der Waals surface area contributed by atoms with Gasteiger partial charge in [-0.3, -0.25) is 4.90 Å². The second kappa shape index (κ2) is 7.93. The van der Waals surface area contributed by atoms with E-state index in [9.17, 15) is 0 Å². The summed E-state index contributed by atoms with van der Waals surface area (Å²) < 4.78 is 0. The van der Waals surface area contributed by atoms with Crippen molar-refractivity contribution < 1.29 is 0 Å². The third-order valence-corrected chi connectivity index (χ3v) is 4.91. The number of thiophene rings is 1. The average molecular weight is 268 g/mol. The van der Waals surface area contributed by atoms with Crippen molar-refractivity contribution in [1.29, 1.82) is 0 Å². The van der Waals surface area contributed by atoms with Gasteiger partial charge in [-0.05, 0) is 31.5 Å². The van der Waals surface area contributed by atoms with Crippen LogP contribution in [-0.4, -0.2) is 24.5 Å². The van der Waals surface area contributed by atoms with Gasteiger partial charge in [0.1, 0.15) is 0 Å². The van der Waals surface area contributed by atoms with Crippen LogP contribution in [0, 0.1) is 12.8 Å². The van der Waals surface area contributed by atoms with Gasteiger partial charge in [0.25, 0.3) is 0 Å². The maximum atomic E-state index is 6.01. The molecule has 0 fully saturated rings. The molecular weight excluding hydrogens is 240 g/mol. The molecule has 18 heavy (non-hydrogen) atoms. The fourth-order valence-electron chi connectivity index (χ4n) is 2.43. The van der Waals surface area contributed by atoms with Gasteiger partial charge in [-0.25, -0.2) is 0 Å². The standard InChI is InChI=1S/C15H28N2S/c1-5-13(6-2)11-17(7-3)14(10-16)15-9-8-12(4)18-15/h8-9,13-14H,5-7,10-11,16H2,1-4H3. The number of aryl methyl sites for hydroxylation is 1. The first kappa shape index (κ1) is 15.7. The number of hydrogen-bond acceptors (Lipinski definition) is 3. The second-order valence-corrected chi connectivity index (χ2v) is 6.29. The van der Waals surface area contributed by atoms with E-state index in [-0.39, 0.29) is 0 Å². The molecule has 0 bridgehead atoms. The summed E-state index contributed by atoms with van der Waals surface area (Å²) in [5.41, 5.74) is 6.01. The van der Waals surface area contributed by atoms with Crippen molar-refractivity contribution in [3.8, 4) is 0 Å². The van der Waals surface area contributed by atoms with Crippen LogP contribution in [0.1, 0.15) is 49.4 Å². The topological polar surface area (TPSA) is 29.3 Å². The molecule has 0 aliphatic heterocycles. The van der Waals surface area contributed by atoms with Crippen molar-refractivity contribution >= 4 is 11.3 Å². The summed E-state index contributed by atoms with van der Waals surface area (Å²) in [5.74, 6) is 0.792. The lowest BCUT2D eigenvalue weighted by Crippen LogP contribution is -2.36. The molecule has 0 aromatic carbocycles. The Morgan fingerprint density at radius 2 is 1.89 bits per heavy atom. The van der Waals surface area contributed by atoms with E-state index in [1.54, 1.807) is 0 Å². The van der Waals surface area contributed by atoms with Gasteiger partial charge >= 0.3 is 0 Å². The lowest BCUT2D eigenvalue weighted by Gasteiger charge is -2.32. The molecule has 1 aromatic heterocycles. The van der Waals surface area contributed by atoms with Crippen molar-refractivity contribution in [2.75, 3.05) is 19.6 Å². The van der Waals surface area contributed by atoms with Gasteiger partial charge in [0.05, 0.1) is 6.04 Å². The molecule has 2 nitrogen and oxygen atoms in total. The monoisotopic (exact) mass is 268 g/mol. The van der Waals surface area contributed by atoms with Crippen molar-refractivity contribution in [2.24, 2.45) is 11.7 Å². The van der Waals surface area contributed by atoms with Gasteiger partial charge in [-0.15, -0.1) is 11.3 Å². The Morgan fingerprint density at radius 1 is 1.22 bits per heavy atom. The van der Waals surface area contributed by atoms with Gasteiger partial charge in [0.2, 0.25) is 0 Å². The number of rotatable bonds is 8. The molecule has 0 amide bonds. The molecule has 0 spiro atoms. The van der Waals surface area contributed by atoms with Crippen LogP contribution in [0.2, 0.25) is 0 Å². The van der Waals surface area contributed by atoms with Crippen molar-refractivity contribution in [2.45, 2.75) is 46.6 Å². The van der Waals surface area contributed by atoms with Crippen LogP contribution in [0.15, 0.2) is 12.1 Å². The van der Waals surface area contributed by atoms with Gasteiger partial charge < -0.3 is 5.73 Å². The summed E-state index contributed by atoms with van der Waals surface area (Å²) >= 11 is 1.88. The Balaban J connectivity index is 2.77. The van der Waals surface area contributed by atoms with E-state index in [1.165, 1.54) is 29.1 Å². The predicted octanol–water partition coefficient (Wildman–Crippen LogP) is 3.81. The highest BCUT2D eigenvalue weighted by atomic mass is 32.1. The SMILES string of the molecule is CCC(CC)CN(CC)C(CN)c1ccc(C)s1. The number of nitrogens with zero attached hydrogens (tertiary/aromatic N) is 1. The molecule has 1 aromatic rings. The third-order valence-electron chi connectivity index (χ3n) is 3.81. The summed E-state index contributed by atoms with van der Waals surface area (Å²) in [4.78, 5) is 5.34. The summed E-state index contributed by atoms with van der Waals surface area (Å²) in [7, 11) is 0. The molecule has 0 saturated carbocycles. The zero-order chi connectivity index (χ0) is 13.5. The fraction of sp³-hybridized carbons (Fsp3) is 0.733. The van der Waals surface area contributed by atoms with E-state index in [0.717, 1.165) is 12.5 Å². The van der Waals surface area contributed by atoms with E-state index >= 15 is 0 Å². The van der Waals surface area contributed by atoms with Crippen LogP contribution < -0.4 is 5.73 Å². The van der Waals surface area contributed by atoms with Crippen molar-refractivity contribution in [1.82, 2.24) is 4.90 Å². The Kier molecular flexibility index (Phi) is 6.90. The van der Waals surface area contributed by atoms with Crippen LogP contribution in [0.3, 0.4) is 0 Å². The van der Waals surface area contributed by atoms with Crippen LogP contribution in [0.4, 0.5) is 0 Å². The molecule has 1 atom stereocenters. The van der Waals surface area contributed by atoms with Gasteiger partial charge in [-0.2, -0.15) is 0 Å². The quantitative estimate of drug-likeness (QED) is 0.776. The second-order valence-electron chi connectivity index (χ2n) is 4.97. The minimum Gasteiger partial charge on any atom is -0.329 e. The zero-order valence-electron chi connectivity index (χ0n) is 12.3. The first-order valence-corrected chi connectivity index (χ1v) is 7.98. The zero-order valence-corrected chi connectivity index (χ0v) is 13.1. The van der Waals surface area contributed by atoms with Crippen LogP contribution in [0.25, 0.3) is 0 Å². The van der Waals surface area contributed by atoms with Gasteiger partial charge in [-0.1, -0.05) is 33.6 Å². The Bertz CT molecular complexity index is 331. The highest BCUT2D eigenvalue weighted by Crippen LogP contribution is 2.28. The number of hydrogen-bond donors (Lipinski definition) is 1. The maximum absolute atomic E-state index is 6.01. The molecule has 1 unspecified atom stereocenters. The minimum absolute atomic E-state index is 0.397. The van der Waals surface area contributed by atoms with E-state index in [1.807, 2.05) is 11.3 Å². The average Bonchev–Trinajstić information content (AvgIpc) is 2.81. The minimum atomic E-state index is 0.397. The maximum Gasteiger partial charge on any atom is 0.0564 e. The summed E-state index contributed by atoms with van der Waals surface area (Å²) in [6.07, 6.45) is 2.52. The highest BCUT2D eigenvalue weighted by Gasteiger charge is 2.21. The molecule has 104 valence electrons. The lowest BCUT2D eigenvalue weighted by atomic mass is 10.0. The Labute approximate surface area is 116 Å². The summed E-state index contributed by atoms with van der Waals surface area (Å²) in [5, 5.41) is 0. The van der Waals surface area contributed by atoms with E-state index in [2.05, 4.69) is 44.7 Å². The van der Waals surface area contributed by atoms with Crippen LogP contribution >= 0.6 is 11.3 Å². The molecule has 1 heterocycles. The Morgan fingerprint density at radius 3 is 2.28 bits per heavy atom. The van der Waals surface area contributed by atoms with Crippen LogP contribution in [-0.2, 0) is 0 Å². The van der Waals surface area contributed by atoms with Gasteiger partial charge in [0.15, 0.2) is 0 Å². The molecule has 0 saturated heterocycles. The molecule has 2 N–H and O–H groups in total. The normalized spacial score (nSPS) is 13.5. The first-order valence-electron chi connectivity index (χ1n) is 7.16. The van der Waals surface area contributed by atoms with E-state index < -0.39 is 0 Å².